The van der Waals surface area contributed by atoms with Crippen molar-refractivity contribution in [2.75, 3.05) is 19.1 Å². The van der Waals surface area contributed by atoms with Crippen molar-refractivity contribution in [2.24, 2.45) is 5.92 Å². The molecule has 1 aliphatic rings. The van der Waals surface area contributed by atoms with Gasteiger partial charge in [0.2, 0.25) is 5.91 Å². The number of amides is 1. The van der Waals surface area contributed by atoms with Crippen LogP contribution in [-0.2, 0) is 9.53 Å². The van der Waals surface area contributed by atoms with E-state index in [1.165, 1.54) is 24.3 Å². The second-order valence-electron chi connectivity index (χ2n) is 7.86. The summed E-state index contributed by atoms with van der Waals surface area (Å²) in [5, 5.41) is 0. The van der Waals surface area contributed by atoms with E-state index >= 15 is 0 Å². The van der Waals surface area contributed by atoms with Gasteiger partial charge in [-0.15, -0.1) is 0 Å². The maximum absolute atomic E-state index is 13.4. The first-order chi connectivity index (χ1) is 15.5. The lowest BCUT2D eigenvalue weighted by Gasteiger charge is -2.48. The lowest BCUT2D eigenvalue weighted by molar-refractivity contribution is -0.131. The summed E-state index contributed by atoms with van der Waals surface area (Å²) in [4.78, 5) is 14.9. The molecule has 0 aromatic heterocycles. The third-order valence-electron chi connectivity index (χ3n) is 6.04. The molecule has 4 rings (SSSR count). The van der Waals surface area contributed by atoms with Crippen molar-refractivity contribution in [3.63, 3.8) is 0 Å². The molecule has 0 radical (unpaired) electrons. The molecule has 166 valence electrons. The fraction of sp³-hybridized carbons (Fsp3) is 0.269. The van der Waals surface area contributed by atoms with Gasteiger partial charge in [0.15, 0.2) is 0 Å². The zero-order valence-corrected chi connectivity index (χ0v) is 18.0. The Morgan fingerprint density at radius 2 is 1.47 bits per heavy atom. The van der Waals surface area contributed by atoms with Crippen LogP contribution in [0.15, 0.2) is 72.8 Å². The number of nitrogens with zero attached hydrogens (tertiary/aromatic N) is 1. The Hall–Kier alpha value is -3.25. The van der Waals surface area contributed by atoms with Crippen molar-refractivity contribution in [2.45, 2.75) is 25.0 Å². The third kappa shape index (κ3) is 4.36. The lowest BCUT2D eigenvalue weighted by atomic mass is 9.78. The highest BCUT2D eigenvalue weighted by Crippen LogP contribution is 2.46. The van der Waals surface area contributed by atoms with Gasteiger partial charge >= 0.3 is 0 Å². The summed E-state index contributed by atoms with van der Waals surface area (Å²) in [5.74, 6) is -0.160. The van der Waals surface area contributed by atoms with Gasteiger partial charge in [0, 0.05) is 12.8 Å². The summed E-state index contributed by atoms with van der Waals surface area (Å²) in [7, 11) is 3.22. The summed E-state index contributed by atoms with van der Waals surface area (Å²) in [6.07, 6.45) is 0.978. The van der Waals surface area contributed by atoms with E-state index < -0.39 is 0 Å². The van der Waals surface area contributed by atoms with Crippen molar-refractivity contribution in [1.82, 2.24) is 0 Å². The van der Waals surface area contributed by atoms with Crippen LogP contribution in [0, 0.1) is 17.6 Å². The molecular formula is C26H25F2NO3. The van der Waals surface area contributed by atoms with Gasteiger partial charge in [0.25, 0.3) is 0 Å². The van der Waals surface area contributed by atoms with Gasteiger partial charge in [-0.25, -0.2) is 8.78 Å². The Morgan fingerprint density at radius 1 is 0.875 bits per heavy atom. The number of hydrogen-bond donors (Lipinski definition) is 0. The molecule has 3 atom stereocenters. The molecule has 0 unspecified atom stereocenters. The summed E-state index contributed by atoms with van der Waals surface area (Å²) < 4.78 is 37.6. The van der Waals surface area contributed by atoms with Gasteiger partial charge in [-0.05, 0) is 72.5 Å². The molecule has 4 nitrogen and oxygen atoms in total. The number of carbonyl (C=O) groups excluding carboxylic acids is 1. The van der Waals surface area contributed by atoms with Crippen molar-refractivity contribution < 1.29 is 23.0 Å². The first-order valence-electron chi connectivity index (χ1n) is 10.5. The normalized spacial score (nSPS) is 18.9. The average molecular weight is 437 g/mol. The van der Waals surface area contributed by atoms with Gasteiger partial charge in [-0.2, -0.15) is 0 Å². The minimum atomic E-state index is -0.346. The minimum Gasteiger partial charge on any atom is -0.497 e. The number of rotatable bonds is 8. The molecule has 32 heavy (non-hydrogen) atoms. The van der Waals surface area contributed by atoms with Crippen LogP contribution in [0.1, 0.15) is 36.1 Å². The highest BCUT2D eigenvalue weighted by molar-refractivity contribution is 6.03. The highest BCUT2D eigenvalue weighted by Gasteiger charge is 2.48. The molecule has 0 spiro atoms. The van der Waals surface area contributed by atoms with E-state index in [1.54, 1.807) is 43.4 Å². The molecule has 6 heteroatoms. The first kappa shape index (κ1) is 22.0. The highest BCUT2D eigenvalue weighted by atomic mass is 19.1. The van der Waals surface area contributed by atoms with E-state index in [4.69, 9.17) is 9.47 Å². The summed E-state index contributed by atoms with van der Waals surface area (Å²) >= 11 is 0. The Morgan fingerprint density at radius 3 is 2.03 bits per heavy atom. The van der Waals surface area contributed by atoms with E-state index in [0.717, 1.165) is 16.9 Å². The first-order valence-corrected chi connectivity index (χ1v) is 10.5. The standard InChI is InChI=1S/C26H25F2NO3/c1-31-22-13-5-18(6-14-22)25-23(26(30)29(25)21-11-9-20(28)10-12-21)15-16-24(32-2)17-3-7-19(27)8-4-17/h3-14,23-25H,15-16H2,1-2H3/t23-,24+,25-/m1/s1. The van der Waals surface area contributed by atoms with Gasteiger partial charge < -0.3 is 14.4 Å². The zero-order valence-electron chi connectivity index (χ0n) is 18.0. The Balaban J connectivity index is 1.57. The van der Waals surface area contributed by atoms with Crippen molar-refractivity contribution in [1.29, 1.82) is 0 Å². The number of benzene rings is 3. The Kier molecular flexibility index (Phi) is 6.51. The second kappa shape index (κ2) is 9.49. The fourth-order valence-electron chi connectivity index (χ4n) is 4.33. The van der Waals surface area contributed by atoms with Gasteiger partial charge in [0.1, 0.15) is 17.4 Å². The van der Waals surface area contributed by atoms with Crippen LogP contribution in [0.5, 0.6) is 5.75 Å². The van der Waals surface area contributed by atoms with Gasteiger partial charge in [-0.1, -0.05) is 24.3 Å². The molecule has 1 amide bonds. The maximum atomic E-state index is 13.4. The predicted molar refractivity (Wildman–Crippen MR) is 118 cm³/mol. The minimum absolute atomic E-state index is 0.00798. The zero-order chi connectivity index (χ0) is 22.7. The molecule has 1 saturated heterocycles. The summed E-state index contributed by atoms with van der Waals surface area (Å²) in [6.45, 7) is 0. The van der Waals surface area contributed by atoms with Crippen LogP contribution in [0.4, 0.5) is 14.5 Å². The van der Waals surface area contributed by atoms with Crippen LogP contribution in [0.2, 0.25) is 0 Å². The predicted octanol–water partition coefficient (Wildman–Crippen LogP) is 5.85. The number of anilines is 1. The van der Waals surface area contributed by atoms with Gasteiger partial charge in [-0.3, -0.25) is 4.79 Å². The lowest BCUT2D eigenvalue weighted by Crippen LogP contribution is -2.55. The molecular weight excluding hydrogens is 412 g/mol. The smallest absolute Gasteiger partial charge is 0.233 e. The molecule has 1 fully saturated rings. The average Bonchev–Trinajstić information content (AvgIpc) is 2.82. The van der Waals surface area contributed by atoms with Crippen molar-refractivity contribution in [3.05, 3.63) is 95.6 Å². The number of ether oxygens (including phenoxy) is 2. The second-order valence-corrected chi connectivity index (χ2v) is 7.86. The van der Waals surface area contributed by atoms with Crippen LogP contribution >= 0.6 is 0 Å². The number of hydrogen-bond acceptors (Lipinski definition) is 3. The largest absolute Gasteiger partial charge is 0.497 e. The molecule has 3 aromatic carbocycles. The molecule has 3 aromatic rings. The number of β-lactam (4-membered cyclic amide) rings is 1. The van der Waals surface area contributed by atoms with Crippen LogP contribution in [0.3, 0.4) is 0 Å². The Labute approximate surface area is 186 Å². The molecule has 1 heterocycles. The quantitative estimate of drug-likeness (QED) is 0.415. The van der Waals surface area contributed by atoms with E-state index in [1.807, 2.05) is 24.3 Å². The van der Waals surface area contributed by atoms with E-state index in [0.29, 0.717) is 18.5 Å². The monoisotopic (exact) mass is 437 g/mol. The van der Waals surface area contributed by atoms with Gasteiger partial charge in [0.05, 0.1) is 25.2 Å². The maximum Gasteiger partial charge on any atom is 0.233 e. The summed E-state index contributed by atoms with van der Waals surface area (Å²) in [6, 6.07) is 19.7. The van der Waals surface area contributed by atoms with Crippen LogP contribution < -0.4 is 9.64 Å². The Bertz CT molecular complexity index is 1050. The molecule has 1 aliphatic heterocycles. The number of methoxy groups -OCH3 is 2. The van der Waals surface area contributed by atoms with E-state index in [-0.39, 0.29) is 35.6 Å². The molecule has 0 saturated carbocycles. The molecule has 0 bridgehead atoms. The van der Waals surface area contributed by atoms with E-state index in [2.05, 4.69) is 0 Å². The van der Waals surface area contributed by atoms with Crippen molar-refractivity contribution in [3.8, 4) is 5.75 Å². The van der Waals surface area contributed by atoms with Crippen molar-refractivity contribution >= 4 is 11.6 Å². The van der Waals surface area contributed by atoms with Crippen LogP contribution in [-0.4, -0.2) is 20.1 Å². The summed E-state index contributed by atoms with van der Waals surface area (Å²) in [5.41, 5.74) is 2.52. The molecule has 0 aliphatic carbocycles. The number of halogens is 2. The third-order valence-corrected chi connectivity index (χ3v) is 6.04. The fourth-order valence-corrected chi connectivity index (χ4v) is 4.33. The molecule has 0 N–H and O–H groups in total. The van der Waals surface area contributed by atoms with E-state index in [9.17, 15) is 13.6 Å². The van der Waals surface area contributed by atoms with Crippen LogP contribution in [0.25, 0.3) is 0 Å². The SMILES string of the molecule is COc1ccc([C@@H]2[C@@H](CC[C@H](OC)c3ccc(F)cc3)C(=O)N2c2ccc(F)cc2)cc1. The number of carbonyl (C=O) groups is 1. The topological polar surface area (TPSA) is 38.8 Å².